The van der Waals surface area contributed by atoms with Crippen LogP contribution in [0.5, 0.6) is 0 Å². The van der Waals surface area contributed by atoms with Gasteiger partial charge in [-0.25, -0.2) is 4.98 Å². The molecule has 4 heteroatoms. The van der Waals surface area contributed by atoms with Crippen LogP contribution in [0.3, 0.4) is 0 Å². The lowest BCUT2D eigenvalue weighted by Crippen LogP contribution is -2.13. The van der Waals surface area contributed by atoms with E-state index in [-0.39, 0.29) is 5.91 Å². The molecule has 28 heavy (non-hydrogen) atoms. The molecule has 134 valence electrons. The van der Waals surface area contributed by atoms with Crippen molar-refractivity contribution in [3.8, 4) is 11.3 Å². The molecule has 1 amide bonds. The SMILES string of the molecule is O=C(Nc1ccccc1-c1cn2ccccc2n1)c1cccc2ccccc12. The Labute approximate surface area is 162 Å². The standard InChI is InChI=1S/C24H17N3O/c28-24(19-12-7-9-17-8-1-2-10-18(17)19)26-21-13-4-3-11-20(21)22-16-27-15-6-5-14-23(27)25-22/h1-16H,(H,26,28). The monoisotopic (exact) mass is 363 g/mol. The number of carbonyl (C=O) groups is 1. The van der Waals surface area contributed by atoms with Crippen LogP contribution in [0.2, 0.25) is 0 Å². The number of aromatic nitrogens is 2. The highest BCUT2D eigenvalue weighted by Gasteiger charge is 2.14. The van der Waals surface area contributed by atoms with E-state index in [4.69, 9.17) is 0 Å². The Hall–Kier alpha value is -3.92. The molecule has 4 nitrogen and oxygen atoms in total. The summed E-state index contributed by atoms with van der Waals surface area (Å²) < 4.78 is 1.97. The average Bonchev–Trinajstić information content (AvgIpc) is 3.18. The Morgan fingerprint density at radius 3 is 2.54 bits per heavy atom. The minimum Gasteiger partial charge on any atom is -0.321 e. The molecule has 0 radical (unpaired) electrons. The fourth-order valence-electron chi connectivity index (χ4n) is 3.49. The van der Waals surface area contributed by atoms with E-state index >= 15 is 0 Å². The van der Waals surface area contributed by atoms with Gasteiger partial charge in [0.05, 0.1) is 11.4 Å². The molecule has 0 spiro atoms. The largest absolute Gasteiger partial charge is 0.321 e. The van der Waals surface area contributed by atoms with Gasteiger partial charge in [0.25, 0.3) is 5.91 Å². The van der Waals surface area contributed by atoms with Gasteiger partial charge in [0, 0.05) is 23.5 Å². The summed E-state index contributed by atoms with van der Waals surface area (Å²) >= 11 is 0. The third kappa shape index (κ3) is 2.81. The highest BCUT2D eigenvalue weighted by molar-refractivity contribution is 6.13. The first kappa shape index (κ1) is 16.3. The molecule has 0 saturated carbocycles. The van der Waals surface area contributed by atoms with Crippen LogP contribution in [-0.2, 0) is 0 Å². The molecule has 0 unspecified atom stereocenters. The van der Waals surface area contributed by atoms with Gasteiger partial charge < -0.3 is 9.72 Å². The zero-order valence-electron chi connectivity index (χ0n) is 15.0. The van der Waals surface area contributed by atoms with Crippen LogP contribution in [0.4, 0.5) is 5.69 Å². The molecule has 0 saturated heterocycles. The van der Waals surface area contributed by atoms with Crippen molar-refractivity contribution in [3.63, 3.8) is 0 Å². The summed E-state index contributed by atoms with van der Waals surface area (Å²) in [4.78, 5) is 17.7. The van der Waals surface area contributed by atoms with Gasteiger partial charge >= 0.3 is 0 Å². The van der Waals surface area contributed by atoms with E-state index in [2.05, 4.69) is 10.3 Å². The van der Waals surface area contributed by atoms with Gasteiger partial charge in [-0.15, -0.1) is 0 Å². The van der Waals surface area contributed by atoms with Gasteiger partial charge in [-0.05, 0) is 35.0 Å². The minimum atomic E-state index is -0.131. The number of pyridine rings is 1. The Balaban J connectivity index is 1.55. The van der Waals surface area contributed by atoms with Crippen molar-refractivity contribution in [2.24, 2.45) is 0 Å². The average molecular weight is 363 g/mol. The van der Waals surface area contributed by atoms with Crippen molar-refractivity contribution in [2.75, 3.05) is 5.32 Å². The van der Waals surface area contributed by atoms with Crippen molar-refractivity contribution in [1.29, 1.82) is 0 Å². The molecule has 5 rings (SSSR count). The van der Waals surface area contributed by atoms with Gasteiger partial charge in [-0.2, -0.15) is 0 Å². The molecular formula is C24H17N3O. The number of hydrogen-bond acceptors (Lipinski definition) is 2. The van der Waals surface area contributed by atoms with Crippen molar-refractivity contribution in [1.82, 2.24) is 9.38 Å². The predicted octanol–water partition coefficient (Wildman–Crippen LogP) is 5.41. The van der Waals surface area contributed by atoms with E-state index in [0.29, 0.717) is 5.56 Å². The van der Waals surface area contributed by atoms with E-state index in [0.717, 1.165) is 33.4 Å². The number of benzene rings is 3. The van der Waals surface area contributed by atoms with Crippen LogP contribution >= 0.6 is 0 Å². The second-order valence-corrected chi connectivity index (χ2v) is 6.62. The van der Waals surface area contributed by atoms with Crippen LogP contribution in [0, 0.1) is 0 Å². The maximum atomic E-state index is 13.0. The number of anilines is 1. The molecule has 0 atom stereocenters. The fourth-order valence-corrected chi connectivity index (χ4v) is 3.49. The van der Waals surface area contributed by atoms with E-state index < -0.39 is 0 Å². The molecule has 2 aromatic heterocycles. The van der Waals surface area contributed by atoms with E-state index in [9.17, 15) is 4.79 Å². The summed E-state index contributed by atoms with van der Waals surface area (Å²) in [7, 11) is 0. The van der Waals surface area contributed by atoms with E-state index in [1.54, 1.807) is 0 Å². The Morgan fingerprint density at radius 2 is 1.61 bits per heavy atom. The third-order valence-electron chi connectivity index (χ3n) is 4.85. The van der Waals surface area contributed by atoms with Crippen molar-refractivity contribution in [3.05, 3.63) is 103 Å². The lowest BCUT2D eigenvalue weighted by molar-refractivity contribution is 0.102. The molecule has 0 bridgehead atoms. The maximum absolute atomic E-state index is 13.0. The smallest absolute Gasteiger partial charge is 0.256 e. The molecular weight excluding hydrogens is 346 g/mol. The Morgan fingerprint density at radius 1 is 0.821 bits per heavy atom. The van der Waals surface area contributed by atoms with Gasteiger partial charge in [-0.1, -0.05) is 60.7 Å². The van der Waals surface area contributed by atoms with E-state index in [1.807, 2.05) is 102 Å². The fraction of sp³-hybridized carbons (Fsp3) is 0. The summed E-state index contributed by atoms with van der Waals surface area (Å²) in [6, 6.07) is 27.3. The lowest BCUT2D eigenvalue weighted by Gasteiger charge is -2.11. The van der Waals surface area contributed by atoms with Crippen LogP contribution in [-0.4, -0.2) is 15.3 Å². The summed E-state index contributed by atoms with van der Waals surface area (Å²) in [6.07, 6.45) is 3.93. The second kappa shape index (κ2) is 6.67. The topological polar surface area (TPSA) is 46.4 Å². The van der Waals surface area contributed by atoms with Crippen molar-refractivity contribution < 1.29 is 4.79 Å². The van der Waals surface area contributed by atoms with Crippen molar-refractivity contribution >= 4 is 28.0 Å². The van der Waals surface area contributed by atoms with Crippen LogP contribution < -0.4 is 5.32 Å². The number of para-hydroxylation sites is 1. The van der Waals surface area contributed by atoms with Crippen LogP contribution in [0.1, 0.15) is 10.4 Å². The molecule has 0 aliphatic carbocycles. The molecule has 0 aliphatic heterocycles. The first-order valence-corrected chi connectivity index (χ1v) is 9.12. The molecule has 0 aliphatic rings. The first-order valence-electron chi connectivity index (χ1n) is 9.12. The van der Waals surface area contributed by atoms with Crippen molar-refractivity contribution in [2.45, 2.75) is 0 Å². The number of carbonyl (C=O) groups excluding carboxylic acids is 1. The number of nitrogens with one attached hydrogen (secondary N) is 1. The normalized spacial score (nSPS) is 11.0. The number of rotatable bonds is 3. The number of amides is 1. The highest BCUT2D eigenvalue weighted by atomic mass is 16.1. The molecule has 2 heterocycles. The molecule has 5 aromatic rings. The summed E-state index contributed by atoms with van der Waals surface area (Å²) in [5.74, 6) is -0.131. The lowest BCUT2D eigenvalue weighted by atomic mass is 10.0. The van der Waals surface area contributed by atoms with E-state index in [1.165, 1.54) is 0 Å². The number of imidazole rings is 1. The quantitative estimate of drug-likeness (QED) is 0.466. The van der Waals surface area contributed by atoms with Gasteiger partial charge in [0.1, 0.15) is 5.65 Å². The van der Waals surface area contributed by atoms with Crippen LogP contribution in [0.25, 0.3) is 27.7 Å². The van der Waals surface area contributed by atoms with Gasteiger partial charge in [-0.3, -0.25) is 4.79 Å². The van der Waals surface area contributed by atoms with Gasteiger partial charge in [0.2, 0.25) is 0 Å². The third-order valence-corrected chi connectivity index (χ3v) is 4.85. The number of hydrogen-bond donors (Lipinski definition) is 1. The minimum absolute atomic E-state index is 0.131. The summed E-state index contributed by atoms with van der Waals surface area (Å²) in [5, 5.41) is 5.06. The Kier molecular flexibility index (Phi) is 3.87. The number of fused-ring (bicyclic) bond motifs is 2. The van der Waals surface area contributed by atoms with Crippen LogP contribution in [0.15, 0.2) is 97.3 Å². The zero-order valence-corrected chi connectivity index (χ0v) is 15.0. The predicted molar refractivity (Wildman–Crippen MR) is 113 cm³/mol. The Bertz CT molecular complexity index is 1280. The highest BCUT2D eigenvalue weighted by Crippen LogP contribution is 2.28. The molecule has 3 aromatic carbocycles. The number of nitrogens with zero attached hydrogens (tertiary/aromatic N) is 2. The molecule has 1 N–H and O–H groups in total. The molecule has 0 fully saturated rings. The summed E-state index contributed by atoms with van der Waals surface area (Å²) in [6.45, 7) is 0. The maximum Gasteiger partial charge on any atom is 0.256 e. The first-order chi connectivity index (χ1) is 13.8. The second-order valence-electron chi connectivity index (χ2n) is 6.62. The summed E-state index contributed by atoms with van der Waals surface area (Å²) in [5.41, 5.74) is 3.97. The van der Waals surface area contributed by atoms with Gasteiger partial charge in [0.15, 0.2) is 0 Å². The zero-order chi connectivity index (χ0) is 18.9.